The Morgan fingerprint density at radius 1 is 1.12 bits per heavy atom. The van der Waals surface area contributed by atoms with Crippen molar-refractivity contribution in [2.45, 2.75) is 38.1 Å². The van der Waals surface area contributed by atoms with Gasteiger partial charge in [-0.05, 0) is 30.9 Å². The Balaban J connectivity index is 0.00000144. The van der Waals surface area contributed by atoms with E-state index in [0.29, 0.717) is 10.4 Å². The number of hydrogen-bond donors (Lipinski definition) is 2. The normalized spacial score (nSPS) is 20.8. The van der Waals surface area contributed by atoms with Crippen LogP contribution < -0.4 is 5.32 Å². The minimum atomic E-state index is -0.527. The van der Waals surface area contributed by atoms with Crippen molar-refractivity contribution < 1.29 is 9.50 Å². The van der Waals surface area contributed by atoms with E-state index >= 15 is 0 Å². The van der Waals surface area contributed by atoms with Crippen LogP contribution in [0.5, 0.6) is 5.75 Å². The second-order valence-corrected chi connectivity index (χ2v) is 7.37. The number of piperazine rings is 1. The third kappa shape index (κ3) is 4.98. The van der Waals surface area contributed by atoms with Gasteiger partial charge in [0.25, 0.3) is 0 Å². The van der Waals surface area contributed by atoms with Crippen LogP contribution in [-0.4, -0.2) is 36.2 Å². The highest BCUT2D eigenvalue weighted by atomic mass is 79.9. The van der Waals surface area contributed by atoms with E-state index in [1.807, 2.05) is 6.07 Å². The first kappa shape index (κ1) is 22.0. The average Bonchev–Trinajstić information content (AvgIpc) is 2.54. The van der Waals surface area contributed by atoms with Crippen LogP contribution >= 0.6 is 40.7 Å². The third-order valence-electron chi connectivity index (χ3n) is 5.02. The summed E-state index contributed by atoms with van der Waals surface area (Å²) in [5.41, 5.74) is 0.751. The fourth-order valence-electron chi connectivity index (χ4n) is 3.97. The Morgan fingerprint density at radius 2 is 1.75 bits per heavy atom. The Kier molecular flexibility index (Phi) is 9.31. The molecule has 1 saturated carbocycles. The molecule has 0 radical (unpaired) electrons. The largest absolute Gasteiger partial charge is 0.505 e. The fourth-order valence-corrected chi connectivity index (χ4v) is 4.42. The maximum Gasteiger partial charge on any atom is 0.166 e. The number of halogens is 4. The summed E-state index contributed by atoms with van der Waals surface area (Å²) in [7, 11) is 0. The monoisotopic (exact) mass is 442 g/mol. The van der Waals surface area contributed by atoms with Gasteiger partial charge in [0.2, 0.25) is 0 Å². The van der Waals surface area contributed by atoms with Gasteiger partial charge in [0.15, 0.2) is 11.6 Å². The smallest absolute Gasteiger partial charge is 0.166 e. The summed E-state index contributed by atoms with van der Waals surface area (Å²) in [5.74, 6) is -0.191. The number of nitrogens with zero attached hydrogens (tertiary/aromatic N) is 1. The van der Waals surface area contributed by atoms with Gasteiger partial charge in [-0.25, -0.2) is 4.39 Å². The van der Waals surface area contributed by atoms with Crippen LogP contribution in [-0.2, 0) is 0 Å². The van der Waals surface area contributed by atoms with Gasteiger partial charge in [0.1, 0.15) is 0 Å². The second-order valence-electron chi connectivity index (χ2n) is 6.45. The van der Waals surface area contributed by atoms with Gasteiger partial charge in [-0.1, -0.05) is 35.2 Å². The number of phenols is 1. The number of benzene rings is 1. The van der Waals surface area contributed by atoms with Gasteiger partial charge in [-0.3, -0.25) is 4.90 Å². The number of aromatic hydroxyl groups is 1. The van der Waals surface area contributed by atoms with Gasteiger partial charge < -0.3 is 10.4 Å². The van der Waals surface area contributed by atoms with E-state index in [0.717, 1.165) is 31.7 Å². The van der Waals surface area contributed by atoms with Crippen molar-refractivity contribution in [1.82, 2.24) is 10.2 Å². The van der Waals surface area contributed by atoms with Gasteiger partial charge in [-0.2, -0.15) is 0 Å². The predicted molar refractivity (Wildman–Crippen MR) is 104 cm³/mol. The van der Waals surface area contributed by atoms with E-state index in [1.165, 1.54) is 38.2 Å². The van der Waals surface area contributed by atoms with Crippen molar-refractivity contribution in [3.63, 3.8) is 0 Å². The zero-order valence-corrected chi connectivity index (χ0v) is 16.9. The van der Waals surface area contributed by atoms with E-state index in [9.17, 15) is 9.50 Å². The minimum Gasteiger partial charge on any atom is -0.505 e. The molecular weight excluding hydrogens is 418 g/mol. The molecule has 1 aliphatic heterocycles. The molecule has 138 valence electrons. The molecule has 0 aromatic heterocycles. The Morgan fingerprint density at radius 3 is 2.38 bits per heavy atom. The van der Waals surface area contributed by atoms with Crippen molar-refractivity contribution >= 4 is 40.7 Å². The number of hydrogen-bond acceptors (Lipinski definition) is 3. The Hall–Kier alpha value is -0.0700. The van der Waals surface area contributed by atoms with Gasteiger partial charge >= 0.3 is 0 Å². The molecule has 3 rings (SSSR count). The number of rotatable bonds is 3. The van der Waals surface area contributed by atoms with Crippen LogP contribution in [0.15, 0.2) is 16.6 Å². The lowest BCUT2D eigenvalue weighted by atomic mass is 9.80. The molecule has 1 aliphatic carbocycles. The summed E-state index contributed by atoms with van der Waals surface area (Å²) in [5, 5.41) is 13.7. The quantitative estimate of drug-likeness (QED) is 0.712. The van der Waals surface area contributed by atoms with E-state index in [4.69, 9.17) is 0 Å². The molecule has 2 aliphatic rings. The third-order valence-corrected chi connectivity index (χ3v) is 5.48. The van der Waals surface area contributed by atoms with E-state index < -0.39 is 5.82 Å². The fraction of sp³-hybridized carbons (Fsp3) is 0.647. The standard InChI is InChI=1S/C17H24BrFN2O.2ClH/c18-13-10-14(17(22)15(19)11-13)16(12-4-2-1-3-5-12)21-8-6-20-7-9-21;;/h10-12,16,20,22H,1-9H2;2*1H/t16-;;/m1../s1. The van der Waals surface area contributed by atoms with E-state index in [2.05, 4.69) is 26.1 Å². The summed E-state index contributed by atoms with van der Waals surface area (Å²) in [6.45, 7) is 3.82. The molecule has 1 heterocycles. The first-order valence-corrected chi connectivity index (χ1v) is 9.09. The number of nitrogens with one attached hydrogen (secondary N) is 1. The highest BCUT2D eigenvalue weighted by molar-refractivity contribution is 9.10. The average molecular weight is 444 g/mol. The first-order valence-electron chi connectivity index (χ1n) is 8.29. The summed E-state index contributed by atoms with van der Waals surface area (Å²) in [6.07, 6.45) is 6.11. The molecule has 3 nitrogen and oxygen atoms in total. The van der Waals surface area contributed by atoms with E-state index in [-0.39, 0.29) is 36.6 Å². The van der Waals surface area contributed by atoms with Crippen LogP contribution in [0.3, 0.4) is 0 Å². The van der Waals surface area contributed by atoms with Crippen molar-refractivity contribution in [2.24, 2.45) is 5.92 Å². The molecule has 1 aromatic carbocycles. The van der Waals surface area contributed by atoms with Crippen LogP contribution in [0, 0.1) is 11.7 Å². The van der Waals surface area contributed by atoms with Crippen LogP contribution in [0.25, 0.3) is 0 Å². The van der Waals surface area contributed by atoms with Gasteiger partial charge in [-0.15, -0.1) is 24.8 Å². The van der Waals surface area contributed by atoms with Crippen LogP contribution in [0.1, 0.15) is 43.7 Å². The van der Waals surface area contributed by atoms with Crippen molar-refractivity contribution in [2.75, 3.05) is 26.2 Å². The lowest BCUT2D eigenvalue weighted by Gasteiger charge is -2.41. The zero-order chi connectivity index (χ0) is 15.5. The molecule has 0 amide bonds. The molecular formula is C17H26BrCl2FN2O. The lowest BCUT2D eigenvalue weighted by Crippen LogP contribution is -2.47. The molecule has 1 aromatic rings. The SMILES string of the molecule is Cl.Cl.Oc1c(F)cc(Br)cc1[C@@H](C1CCCCC1)N1CCNCC1. The summed E-state index contributed by atoms with van der Waals surface area (Å²) < 4.78 is 14.7. The Bertz CT molecular complexity index is 506. The molecule has 0 unspecified atom stereocenters. The van der Waals surface area contributed by atoms with Gasteiger partial charge in [0, 0.05) is 42.3 Å². The molecule has 24 heavy (non-hydrogen) atoms. The zero-order valence-electron chi connectivity index (χ0n) is 13.6. The second kappa shape index (κ2) is 10.2. The molecule has 0 spiro atoms. The summed E-state index contributed by atoms with van der Waals surface area (Å²) in [4.78, 5) is 2.42. The highest BCUT2D eigenvalue weighted by Gasteiger charge is 2.33. The van der Waals surface area contributed by atoms with Crippen molar-refractivity contribution in [1.29, 1.82) is 0 Å². The molecule has 2 fully saturated rings. The molecule has 2 N–H and O–H groups in total. The predicted octanol–water partition coefficient (Wildman–Crippen LogP) is 4.66. The maximum atomic E-state index is 14.0. The molecule has 7 heteroatoms. The summed E-state index contributed by atoms with van der Waals surface area (Å²) in [6, 6.07) is 3.36. The van der Waals surface area contributed by atoms with Crippen molar-refractivity contribution in [3.8, 4) is 5.75 Å². The minimum absolute atomic E-state index is 0. The first-order chi connectivity index (χ1) is 10.7. The molecule has 1 saturated heterocycles. The molecule has 0 bridgehead atoms. The maximum absolute atomic E-state index is 14.0. The lowest BCUT2D eigenvalue weighted by molar-refractivity contribution is 0.101. The van der Waals surface area contributed by atoms with Crippen molar-refractivity contribution in [3.05, 3.63) is 28.0 Å². The Labute approximate surface area is 164 Å². The number of phenolic OH excluding ortho intramolecular Hbond substituents is 1. The summed E-state index contributed by atoms with van der Waals surface area (Å²) >= 11 is 3.38. The van der Waals surface area contributed by atoms with Crippen LogP contribution in [0.4, 0.5) is 4.39 Å². The molecule has 1 atom stereocenters. The highest BCUT2D eigenvalue weighted by Crippen LogP contribution is 2.43. The van der Waals surface area contributed by atoms with Crippen LogP contribution in [0.2, 0.25) is 0 Å². The van der Waals surface area contributed by atoms with E-state index in [1.54, 1.807) is 0 Å². The topological polar surface area (TPSA) is 35.5 Å². The van der Waals surface area contributed by atoms with Gasteiger partial charge in [0.05, 0.1) is 0 Å².